The fourth-order valence-electron chi connectivity index (χ4n) is 10.4. The highest BCUT2D eigenvalue weighted by Crippen LogP contribution is 2.40. The zero-order chi connectivity index (χ0) is 34.1. The molecule has 0 spiro atoms. The maximum atomic E-state index is 12.7. The minimum Gasteiger partial charge on any atom is -0.445 e. The lowest BCUT2D eigenvalue weighted by atomic mass is 9.74. The van der Waals surface area contributed by atoms with Crippen LogP contribution >= 0.6 is 0 Å². The zero-order valence-electron chi connectivity index (χ0n) is 30.2. The third-order valence-corrected chi connectivity index (χ3v) is 12.7. The van der Waals surface area contributed by atoms with E-state index in [2.05, 4.69) is 19.6 Å². The van der Waals surface area contributed by atoms with Gasteiger partial charge in [0.25, 0.3) is 0 Å². The van der Waals surface area contributed by atoms with Crippen molar-refractivity contribution in [3.05, 3.63) is 71.8 Å². The molecule has 0 radical (unpaired) electrons. The first-order valence-corrected chi connectivity index (χ1v) is 20.1. The van der Waals surface area contributed by atoms with Gasteiger partial charge in [0.2, 0.25) is 0 Å². The Hall–Kier alpha value is -3.10. The zero-order valence-corrected chi connectivity index (χ0v) is 30.2. The molecule has 6 fully saturated rings. The predicted molar refractivity (Wildman–Crippen MR) is 197 cm³/mol. The number of fused-ring (bicyclic) bond motifs is 2. The summed E-state index contributed by atoms with van der Waals surface area (Å²) in [5.41, 5.74) is 2.12. The third-order valence-electron chi connectivity index (χ3n) is 12.7. The Morgan fingerprint density at radius 1 is 0.460 bits per heavy atom. The van der Waals surface area contributed by atoms with Gasteiger partial charge in [-0.05, 0) is 139 Å². The SMILES string of the molecule is O=C(OCc1ccccc1)N1CCC[C@@H]2[C@@H](N3CCCC3)CCC[C@@H]21.O=C(OCc1ccccc1)N1CCC[C@H]2[C@H](N3CCCC3)CCC[C@H]21. The molecule has 8 rings (SSSR count). The molecule has 2 aromatic carbocycles. The fraction of sp³-hybridized carbons (Fsp3) is 0.667. The number of likely N-dealkylation sites (tertiary alicyclic amines) is 4. The normalized spacial score (nSPS) is 30.1. The molecule has 6 aliphatic rings. The van der Waals surface area contributed by atoms with Gasteiger partial charge in [-0.15, -0.1) is 0 Å². The topological polar surface area (TPSA) is 65.6 Å². The highest BCUT2D eigenvalue weighted by molar-refractivity contribution is 5.69. The van der Waals surface area contributed by atoms with Crippen molar-refractivity contribution in [2.24, 2.45) is 11.8 Å². The number of rotatable bonds is 6. The van der Waals surface area contributed by atoms with Gasteiger partial charge in [-0.1, -0.05) is 60.7 Å². The molecule has 6 atom stereocenters. The fourth-order valence-corrected chi connectivity index (χ4v) is 10.4. The molecule has 2 amide bonds. The lowest BCUT2D eigenvalue weighted by Crippen LogP contribution is -2.57. The quantitative estimate of drug-likeness (QED) is 0.307. The number of hydrogen-bond donors (Lipinski definition) is 0. The first-order chi connectivity index (χ1) is 24.7. The summed E-state index contributed by atoms with van der Waals surface area (Å²) in [6, 6.07) is 22.1. The Labute approximate surface area is 300 Å². The Morgan fingerprint density at radius 3 is 1.24 bits per heavy atom. The molecule has 2 aromatic rings. The van der Waals surface area contributed by atoms with Gasteiger partial charge in [-0.2, -0.15) is 0 Å². The minimum atomic E-state index is -0.111. The van der Waals surface area contributed by atoms with Crippen LogP contribution in [0.5, 0.6) is 0 Å². The molecule has 8 nitrogen and oxygen atoms in total. The van der Waals surface area contributed by atoms with Gasteiger partial charge in [0.15, 0.2) is 0 Å². The second kappa shape index (κ2) is 17.4. The van der Waals surface area contributed by atoms with Crippen LogP contribution in [-0.4, -0.2) is 95.2 Å². The van der Waals surface area contributed by atoms with E-state index in [4.69, 9.17) is 9.47 Å². The summed E-state index contributed by atoms with van der Waals surface area (Å²) in [5, 5.41) is 0. The number of benzene rings is 2. The molecule has 272 valence electrons. The van der Waals surface area contributed by atoms with Crippen LogP contribution in [0.1, 0.15) is 101 Å². The van der Waals surface area contributed by atoms with Crippen LogP contribution in [0.3, 0.4) is 0 Å². The molecule has 2 aliphatic carbocycles. The van der Waals surface area contributed by atoms with Crippen molar-refractivity contribution in [3.8, 4) is 0 Å². The van der Waals surface area contributed by atoms with Gasteiger partial charge >= 0.3 is 12.2 Å². The highest BCUT2D eigenvalue weighted by atomic mass is 16.6. The van der Waals surface area contributed by atoms with Crippen molar-refractivity contribution in [3.63, 3.8) is 0 Å². The summed E-state index contributed by atoms with van der Waals surface area (Å²) in [6.07, 6.45) is 17.3. The van der Waals surface area contributed by atoms with Gasteiger partial charge in [0.1, 0.15) is 13.2 Å². The van der Waals surface area contributed by atoms with Crippen LogP contribution in [0.25, 0.3) is 0 Å². The van der Waals surface area contributed by atoms with Crippen LogP contribution in [0.15, 0.2) is 60.7 Å². The molecule has 0 N–H and O–H groups in total. The van der Waals surface area contributed by atoms with Crippen LogP contribution in [-0.2, 0) is 22.7 Å². The number of carbonyl (C=O) groups is 2. The second-order valence-corrected chi connectivity index (χ2v) is 15.7. The van der Waals surface area contributed by atoms with Crippen LogP contribution in [0, 0.1) is 11.8 Å². The first kappa shape index (κ1) is 35.3. The standard InChI is InChI=1S/2C21H30N2O2/c2*24-21(25-16-17-8-2-1-3-9-17)23-15-7-10-18-19(11-6-12-20(18)23)22-13-4-5-14-22/h2*1-3,8-9,18-20H,4-7,10-16H2/t2*18-,19+,20+/m10/s1. The van der Waals surface area contributed by atoms with E-state index in [9.17, 15) is 9.59 Å². The lowest BCUT2D eigenvalue weighted by molar-refractivity contribution is -0.00232. The van der Waals surface area contributed by atoms with Crippen molar-refractivity contribution in [1.29, 1.82) is 0 Å². The van der Waals surface area contributed by atoms with Gasteiger partial charge in [-0.3, -0.25) is 0 Å². The van der Waals surface area contributed by atoms with E-state index in [1.807, 2.05) is 60.7 Å². The number of ether oxygens (including phenoxy) is 2. The van der Waals surface area contributed by atoms with Crippen molar-refractivity contribution < 1.29 is 19.1 Å². The summed E-state index contributed by atoms with van der Waals surface area (Å²) in [7, 11) is 0. The summed E-state index contributed by atoms with van der Waals surface area (Å²) < 4.78 is 11.3. The van der Waals surface area contributed by atoms with Crippen LogP contribution in [0.4, 0.5) is 9.59 Å². The predicted octanol–water partition coefficient (Wildman–Crippen LogP) is 8.10. The Morgan fingerprint density at radius 2 is 0.840 bits per heavy atom. The van der Waals surface area contributed by atoms with Crippen molar-refractivity contribution in [1.82, 2.24) is 19.6 Å². The van der Waals surface area contributed by atoms with E-state index in [0.29, 0.717) is 49.2 Å². The number of hydrogen-bond acceptors (Lipinski definition) is 6. The largest absolute Gasteiger partial charge is 0.445 e. The number of piperidine rings is 2. The molecule has 8 heteroatoms. The summed E-state index contributed by atoms with van der Waals surface area (Å²) in [4.78, 5) is 35.0. The Kier molecular flexibility index (Phi) is 12.3. The molecule has 0 aromatic heterocycles. The summed E-state index contributed by atoms with van der Waals surface area (Å²) in [6.45, 7) is 7.51. The number of nitrogens with zero attached hydrogens (tertiary/aromatic N) is 4. The van der Waals surface area contributed by atoms with E-state index in [-0.39, 0.29) is 12.2 Å². The highest BCUT2D eigenvalue weighted by Gasteiger charge is 2.45. The Bertz CT molecular complexity index is 1240. The number of amides is 2. The van der Waals surface area contributed by atoms with Crippen molar-refractivity contribution in [2.75, 3.05) is 39.3 Å². The molecule has 0 bridgehead atoms. The molecule has 50 heavy (non-hydrogen) atoms. The van der Waals surface area contributed by atoms with E-state index in [1.165, 1.54) is 90.4 Å². The number of carbonyl (C=O) groups excluding carboxylic acids is 2. The van der Waals surface area contributed by atoms with E-state index >= 15 is 0 Å². The molecular formula is C42H60N4O4. The van der Waals surface area contributed by atoms with Gasteiger partial charge < -0.3 is 29.1 Å². The van der Waals surface area contributed by atoms with E-state index in [1.54, 1.807) is 0 Å². The molecule has 4 aliphatic heterocycles. The van der Waals surface area contributed by atoms with Gasteiger partial charge in [-0.25, -0.2) is 9.59 Å². The monoisotopic (exact) mass is 684 g/mol. The van der Waals surface area contributed by atoms with E-state index < -0.39 is 0 Å². The molecule has 4 saturated heterocycles. The average molecular weight is 685 g/mol. The summed E-state index contributed by atoms with van der Waals surface area (Å²) >= 11 is 0. The van der Waals surface area contributed by atoms with Crippen LogP contribution in [0.2, 0.25) is 0 Å². The second-order valence-electron chi connectivity index (χ2n) is 15.7. The maximum absolute atomic E-state index is 12.7. The maximum Gasteiger partial charge on any atom is 0.410 e. The van der Waals surface area contributed by atoms with E-state index in [0.717, 1.165) is 49.9 Å². The molecular weight excluding hydrogens is 624 g/mol. The summed E-state index contributed by atoms with van der Waals surface area (Å²) in [5.74, 6) is 1.29. The molecule has 0 unspecified atom stereocenters. The third kappa shape index (κ3) is 8.50. The van der Waals surface area contributed by atoms with Gasteiger partial charge in [0, 0.05) is 37.3 Å². The average Bonchev–Trinajstić information content (AvgIpc) is 3.92. The Balaban J connectivity index is 0.000000157. The van der Waals surface area contributed by atoms with Crippen molar-refractivity contribution in [2.45, 2.75) is 127 Å². The molecule has 2 saturated carbocycles. The van der Waals surface area contributed by atoms with Gasteiger partial charge in [0.05, 0.1) is 0 Å². The minimum absolute atomic E-state index is 0.111. The smallest absolute Gasteiger partial charge is 0.410 e. The van der Waals surface area contributed by atoms with Crippen molar-refractivity contribution >= 4 is 12.2 Å². The molecule has 4 heterocycles. The first-order valence-electron chi connectivity index (χ1n) is 20.1. The lowest BCUT2D eigenvalue weighted by Gasteiger charge is -2.49. The van der Waals surface area contributed by atoms with Crippen LogP contribution < -0.4 is 0 Å².